The van der Waals surface area contributed by atoms with Crippen LogP contribution in [0.3, 0.4) is 0 Å². The first kappa shape index (κ1) is 9.96. The number of nitriles is 1. The first-order chi connectivity index (χ1) is 5.13. The smallest absolute Gasteiger partial charge is 0.235 e. The van der Waals surface area contributed by atoms with E-state index in [0.29, 0.717) is 0 Å². The van der Waals surface area contributed by atoms with E-state index in [1.165, 1.54) is 0 Å². The quantitative estimate of drug-likeness (QED) is 0.657. The lowest BCUT2D eigenvalue weighted by molar-refractivity contribution is -0.121. The van der Waals surface area contributed by atoms with Gasteiger partial charge < -0.3 is 5.73 Å². The molecule has 62 valence electrons. The fraction of sp³-hybridized carbons (Fsp3) is 0.750. The molecule has 0 spiro atoms. The van der Waals surface area contributed by atoms with Gasteiger partial charge in [0.1, 0.15) is 5.92 Å². The normalized spacial score (nSPS) is 15.0. The number of amides is 1. The van der Waals surface area contributed by atoms with Crippen molar-refractivity contribution in [3.63, 3.8) is 0 Å². The van der Waals surface area contributed by atoms with Crippen LogP contribution in [0.5, 0.6) is 0 Å². The maximum atomic E-state index is 10.6. The van der Waals surface area contributed by atoms with Gasteiger partial charge in [0.2, 0.25) is 5.91 Å². The van der Waals surface area contributed by atoms with Crippen LogP contribution in [0.15, 0.2) is 0 Å². The van der Waals surface area contributed by atoms with Gasteiger partial charge in [-0.15, -0.1) is 0 Å². The van der Waals surface area contributed by atoms with Crippen LogP contribution in [0.1, 0.15) is 26.7 Å². The van der Waals surface area contributed by atoms with Crippen LogP contribution in [0.2, 0.25) is 0 Å². The van der Waals surface area contributed by atoms with Crippen LogP contribution in [0.25, 0.3) is 0 Å². The molecule has 2 N–H and O–H groups in total. The third kappa shape index (κ3) is 3.03. The van der Waals surface area contributed by atoms with Crippen LogP contribution < -0.4 is 5.73 Å². The summed E-state index contributed by atoms with van der Waals surface area (Å²) in [6.45, 7) is 3.90. The number of primary amides is 1. The van der Waals surface area contributed by atoms with Gasteiger partial charge in [0.15, 0.2) is 0 Å². The Labute approximate surface area is 67.2 Å². The molecule has 0 rings (SSSR count). The molecule has 0 unspecified atom stereocenters. The van der Waals surface area contributed by atoms with Crippen LogP contribution in [0.4, 0.5) is 0 Å². The van der Waals surface area contributed by atoms with E-state index in [1.807, 2.05) is 19.9 Å². The molecular weight excluding hydrogens is 140 g/mol. The van der Waals surface area contributed by atoms with E-state index in [-0.39, 0.29) is 5.92 Å². The Hall–Kier alpha value is -1.04. The van der Waals surface area contributed by atoms with Gasteiger partial charge in [-0.1, -0.05) is 20.3 Å². The van der Waals surface area contributed by atoms with Gasteiger partial charge in [-0.25, -0.2) is 0 Å². The molecule has 0 heterocycles. The molecule has 0 aromatic carbocycles. The molecule has 0 aliphatic rings. The number of nitrogens with zero attached hydrogens (tertiary/aromatic N) is 1. The average Bonchev–Trinajstić information content (AvgIpc) is 1.88. The summed E-state index contributed by atoms with van der Waals surface area (Å²) in [7, 11) is 0. The first-order valence-electron chi connectivity index (χ1n) is 3.82. The molecule has 0 aliphatic carbocycles. The van der Waals surface area contributed by atoms with Crippen LogP contribution in [0, 0.1) is 23.2 Å². The Morgan fingerprint density at radius 1 is 1.73 bits per heavy atom. The topological polar surface area (TPSA) is 66.9 Å². The van der Waals surface area contributed by atoms with E-state index < -0.39 is 11.8 Å². The number of carbonyl (C=O) groups excluding carboxylic acids is 1. The van der Waals surface area contributed by atoms with E-state index in [2.05, 4.69) is 0 Å². The predicted molar refractivity (Wildman–Crippen MR) is 42.4 cm³/mol. The second kappa shape index (κ2) is 4.73. The zero-order chi connectivity index (χ0) is 8.85. The molecular formula is C8H14N2O. The molecule has 2 atom stereocenters. The number of nitrogens with two attached hydrogens (primary N) is 1. The predicted octanol–water partition coefficient (Wildman–Crippen LogP) is 1.05. The van der Waals surface area contributed by atoms with Crippen molar-refractivity contribution in [1.29, 1.82) is 5.26 Å². The van der Waals surface area contributed by atoms with E-state index in [4.69, 9.17) is 11.0 Å². The lowest BCUT2D eigenvalue weighted by atomic mass is 9.91. The van der Waals surface area contributed by atoms with Crippen molar-refractivity contribution in [1.82, 2.24) is 0 Å². The summed E-state index contributed by atoms with van der Waals surface area (Å²) in [5.74, 6) is -1.04. The third-order valence-electron chi connectivity index (χ3n) is 1.76. The summed E-state index contributed by atoms with van der Waals surface area (Å²) in [6.07, 6.45) is 1.85. The highest BCUT2D eigenvalue weighted by atomic mass is 16.1. The zero-order valence-electron chi connectivity index (χ0n) is 7.00. The third-order valence-corrected chi connectivity index (χ3v) is 1.76. The van der Waals surface area contributed by atoms with E-state index >= 15 is 0 Å². The second-order valence-corrected chi connectivity index (χ2v) is 2.78. The van der Waals surface area contributed by atoms with Crippen molar-refractivity contribution in [2.75, 3.05) is 0 Å². The molecule has 0 bridgehead atoms. The standard InChI is InChI=1S/C8H14N2O/c1-3-4-6(2)7(5-9)8(10)11/h6-7H,3-4H2,1-2H3,(H2,10,11)/t6-,7-/m0/s1. The minimum Gasteiger partial charge on any atom is -0.369 e. The highest BCUT2D eigenvalue weighted by Crippen LogP contribution is 2.15. The summed E-state index contributed by atoms with van der Waals surface area (Å²) < 4.78 is 0. The fourth-order valence-electron chi connectivity index (χ4n) is 1.09. The van der Waals surface area contributed by atoms with Crippen LogP contribution in [-0.4, -0.2) is 5.91 Å². The molecule has 0 aromatic rings. The molecule has 1 amide bonds. The molecule has 11 heavy (non-hydrogen) atoms. The van der Waals surface area contributed by atoms with Gasteiger partial charge in [0, 0.05) is 0 Å². The van der Waals surface area contributed by atoms with Gasteiger partial charge in [-0.2, -0.15) is 5.26 Å². The van der Waals surface area contributed by atoms with Crippen molar-refractivity contribution in [3.8, 4) is 6.07 Å². The Bertz CT molecular complexity index is 171. The Kier molecular flexibility index (Phi) is 4.28. The zero-order valence-corrected chi connectivity index (χ0v) is 7.00. The highest BCUT2D eigenvalue weighted by Gasteiger charge is 2.20. The Morgan fingerprint density at radius 3 is 2.55 bits per heavy atom. The summed E-state index contributed by atoms with van der Waals surface area (Å²) in [5.41, 5.74) is 5.02. The largest absolute Gasteiger partial charge is 0.369 e. The first-order valence-corrected chi connectivity index (χ1v) is 3.82. The number of rotatable bonds is 4. The fourth-order valence-corrected chi connectivity index (χ4v) is 1.09. The molecule has 0 radical (unpaired) electrons. The van der Waals surface area contributed by atoms with Gasteiger partial charge in [-0.3, -0.25) is 4.79 Å². The molecule has 0 aromatic heterocycles. The van der Waals surface area contributed by atoms with Crippen LogP contribution in [-0.2, 0) is 4.79 Å². The summed E-state index contributed by atoms with van der Waals surface area (Å²) in [5, 5.41) is 8.54. The van der Waals surface area contributed by atoms with Gasteiger partial charge >= 0.3 is 0 Å². The van der Waals surface area contributed by atoms with Crippen molar-refractivity contribution >= 4 is 5.91 Å². The number of hydrogen-bond donors (Lipinski definition) is 1. The average molecular weight is 154 g/mol. The molecule has 3 heteroatoms. The minimum atomic E-state index is -0.616. The van der Waals surface area contributed by atoms with Gasteiger partial charge in [0.05, 0.1) is 6.07 Å². The van der Waals surface area contributed by atoms with E-state index in [1.54, 1.807) is 0 Å². The lowest BCUT2D eigenvalue weighted by Crippen LogP contribution is -2.27. The summed E-state index contributed by atoms with van der Waals surface area (Å²) in [6, 6.07) is 1.91. The molecule has 0 fully saturated rings. The number of hydrogen-bond acceptors (Lipinski definition) is 2. The Balaban J connectivity index is 4.05. The van der Waals surface area contributed by atoms with Crippen molar-refractivity contribution in [3.05, 3.63) is 0 Å². The monoisotopic (exact) mass is 154 g/mol. The summed E-state index contributed by atoms with van der Waals surface area (Å²) in [4.78, 5) is 10.6. The number of carbonyl (C=O) groups is 1. The molecule has 0 aliphatic heterocycles. The Morgan fingerprint density at radius 2 is 2.27 bits per heavy atom. The van der Waals surface area contributed by atoms with Crippen molar-refractivity contribution in [2.24, 2.45) is 17.6 Å². The van der Waals surface area contributed by atoms with Crippen molar-refractivity contribution < 1.29 is 4.79 Å². The van der Waals surface area contributed by atoms with E-state index in [9.17, 15) is 4.79 Å². The van der Waals surface area contributed by atoms with Gasteiger partial charge in [0.25, 0.3) is 0 Å². The maximum Gasteiger partial charge on any atom is 0.235 e. The minimum absolute atomic E-state index is 0.0856. The second-order valence-electron chi connectivity index (χ2n) is 2.78. The maximum absolute atomic E-state index is 10.6. The molecule has 0 saturated carbocycles. The summed E-state index contributed by atoms with van der Waals surface area (Å²) >= 11 is 0. The highest BCUT2D eigenvalue weighted by molar-refractivity contribution is 5.79. The molecule has 3 nitrogen and oxygen atoms in total. The SMILES string of the molecule is CCC[C@H](C)[C@H](C#N)C(N)=O. The lowest BCUT2D eigenvalue weighted by Gasteiger charge is -2.12. The molecule has 0 saturated heterocycles. The van der Waals surface area contributed by atoms with Crippen molar-refractivity contribution in [2.45, 2.75) is 26.7 Å². The van der Waals surface area contributed by atoms with E-state index in [0.717, 1.165) is 12.8 Å². The van der Waals surface area contributed by atoms with Crippen LogP contribution >= 0.6 is 0 Å². The van der Waals surface area contributed by atoms with Gasteiger partial charge in [-0.05, 0) is 12.3 Å².